The van der Waals surface area contributed by atoms with Gasteiger partial charge in [-0.2, -0.15) is 0 Å². The molecule has 0 amide bonds. The van der Waals surface area contributed by atoms with Gasteiger partial charge >= 0.3 is 5.97 Å². The molecule has 1 N–H and O–H groups in total. The number of benzene rings is 3. The minimum absolute atomic E-state index is 0.0483. The Kier molecular flexibility index (Phi) is 9.80. The van der Waals surface area contributed by atoms with Gasteiger partial charge in [0, 0.05) is 0 Å². The van der Waals surface area contributed by atoms with Gasteiger partial charge in [-0.25, -0.2) is 4.39 Å². The van der Waals surface area contributed by atoms with Crippen molar-refractivity contribution < 1.29 is 23.8 Å². The molecule has 0 bridgehead atoms. The van der Waals surface area contributed by atoms with Crippen molar-refractivity contribution in [1.82, 2.24) is 0 Å². The van der Waals surface area contributed by atoms with Crippen molar-refractivity contribution in [2.24, 2.45) is 5.92 Å². The first-order valence-corrected chi connectivity index (χ1v) is 9.69. The van der Waals surface area contributed by atoms with Crippen LogP contribution in [0.25, 0.3) is 0 Å². The molecule has 0 aromatic heterocycles. The largest absolute Gasteiger partial charge is 0.483 e. The predicted molar refractivity (Wildman–Crippen MR) is 113 cm³/mol. The summed E-state index contributed by atoms with van der Waals surface area (Å²) in [4.78, 5) is 20.5. The molecular weight excluding hydrogens is 383 g/mol. The third kappa shape index (κ3) is 7.51. The molecule has 1 fully saturated rings. The van der Waals surface area contributed by atoms with Gasteiger partial charge in [0.1, 0.15) is 12.4 Å². The van der Waals surface area contributed by atoms with Crippen LogP contribution in [-0.4, -0.2) is 17.5 Å². The van der Waals surface area contributed by atoms with E-state index in [0.717, 1.165) is 18.4 Å². The Labute approximate surface area is 176 Å². The van der Waals surface area contributed by atoms with Gasteiger partial charge in [-0.15, -0.1) is 0 Å². The average molecular weight is 408 g/mol. The van der Waals surface area contributed by atoms with Gasteiger partial charge in [0.25, 0.3) is 6.47 Å². The number of carboxylic acid groups (broad SMARTS) is 1. The molecule has 4 rings (SSSR count). The monoisotopic (exact) mass is 408 g/mol. The molecule has 156 valence electrons. The fourth-order valence-electron chi connectivity index (χ4n) is 3.11. The minimum Gasteiger partial charge on any atom is -0.483 e. The first-order chi connectivity index (χ1) is 14.7. The molecule has 5 heteroatoms. The van der Waals surface area contributed by atoms with Gasteiger partial charge in [-0.3, -0.25) is 9.59 Å². The third-order valence-corrected chi connectivity index (χ3v) is 4.77. The van der Waals surface area contributed by atoms with E-state index < -0.39 is 0 Å². The van der Waals surface area contributed by atoms with Gasteiger partial charge in [0.2, 0.25) is 0 Å². The maximum absolute atomic E-state index is 12.8. The van der Waals surface area contributed by atoms with Crippen LogP contribution in [0.2, 0.25) is 0 Å². The fourth-order valence-corrected chi connectivity index (χ4v) is 3.11. The summed E-state index contributed by atoms with van der Waals surface area (Å²) in [6.45, 7) is -0.0445. The molecule has 1 aliphatic carbocycles. The zero-order chi connectivity index (χ0) is 21.6. The van der Waals surface area contributed by atoms with Gasteiger partial charge in [-0.05, 0) is 42.0 Å². The summed E-state index contributed by atoms with van der Waals surface area (Å²) in [5, 5.41) is 6.89. The smallest absolute Gasteiger partial charge is 0.309 e. The zero-order valence-corrected chi connectivity index (χ0v) is 16.6. The number of carbonyl (C=O) groups excluding carboxylic acids is 1. The van der Waals surface area contributed by atoms with Crippen LogP contribution in [0.5, 0.6) is 0 Å². The number of ether oxygens (including phenoxy) is 1. The normalized spacial score (nSPS) is 16.4. The molecule has 0 spiro atoms. The Balaban J connectivity index is 0.000000298. The summed E-state index contributed by atoms with van der Waals surface area (Å²) in [7, 11) is 0. The first-order valence-electron chi connectivity index (χ1n) is 9.69. The van der Waals surface area contributed by atoms with E-state index in [9.17, 15) is 9.18 Å². The summed E-state index contributed by atoms with van der Waals surface area (Å²) >= 11 is 0. The van der Waals surface area contributed by atoms with E-state index in [1.807, 2.05) is 54.6 Å². The highest BCUT2D eigenvalue weighted by molar-refractivity contribution is 5.75. The molecule has 1 unspecified atom stereocenters. The van der Waals surface area contributed by atoms with Crippen molar-refractivity contribution in [3.8, 4) is 0 Å². The zero-order valence-electron chi connectivity index (χ0n) is 16.6. The van der Waals surface area contributed by atoms with Crippen LogP contribution in [0.3, 0.4) is 0 Å². The number of hydrogen-bond donors (Lipinski definition) is 1. The van der Waals surface area contributed by atoms with Gasteiger partial charge in [0.05, 0.1) is 5.92 Å². The lowest BCUT2D eigenvalue weighted by molar-refractivity contribution is -0.154. The summed E-state index contributed by atoms with van der Waals surface area (Å²) in [6.07, 6.45) is 1.90. The standard InChI is InChI=1S/C18H17FO2.C6H6.CH2O2/c19-15-8-6-13(7-9-15)12-21-18(20)17-11-10-16(17)14-4-2-1-3-5-14;1-2-4-6-5-3-1;2-1-3/h1-9,16-17H,10-12H2;1-6H;1H,(H,2,3)/t16-,17?;;/m0../s1. The molecule has 0 radical (unpaired) electrons. The predicted octanol–water partition coefficient (Wildman–Crippen LogP) is 5.45. The van der Waals surface area contributed by atoms with Gasteiger partial charge in [0.15, 0.2) is 0 Å². The Morgan fingerprint density at radius 3 is 1.87 bits per heavy atom. The highest BCUT2D eigenvalue weighted by Crippen LogP contribution is 2.43. The molecule has 1 saturated carbocycles. The third-order valence-electron chi connectivity index (χ3n) is 4.77. The maximum atomic E-state index is 12.8. The number of halogens is 1. The molecular formula is C25H25FO4. The number of carbonyl (C=O) groups is 2. The van der Waals surface area contributed by atoms with Crippen molar-refractivity contribution in [3.63, 3.8) is 0 Å². The van der Waals surface area contributed by atoms with Crippen LogP contribution in [0.4, 0.5) is 4.39 Å². The molecule has 3 aromatic rings. The maximum Gasteiger partial charge on any atom is 0.309 e. The van der Waals surface area contributed by atoms with Crippen LogP contribution < -0.4 is 0 Å². The van der Waals surface area contributed by atoms with Crippen LogP contribution in [0.15, 0.2) is 91.0 Å². The lowest BCUT2D eigenvalue weighted by Crippen LogP contribution is -2.32. The van der Waals surface area contributed by atoms with Crippen LogP contribution in [-0.2, 0) is 20.9 Å². The number of hydrogen-bond acceptors (Lipinski definition) is 3. The summed E-state index contributed by atoms with van der Waals surface area (Å²) in [6, 6.07) is 28.1. The second-order valence-electron chi connectivity index (χ2n) is 6.70. The van der Waals surface area contributed by atoms with E-state index >= 15 is 0 Å². The van der Waals surface area contributed by atoms with E-state index in [2.05, 4.69) is 12.1 Å². The average Bonchev–Trinajstić information content (AvgIpc) is 2.76. The quantitative estimate of drug-likeness (QED) is 0.461. The van der Waals surface area contributed by atoms with E-state index in [4.69, 9.17) is 14.6 Å². The minimum atomic E-state index is -0.284. The highest BCUT2D eigenvalue weighted by Gasteiger charge is 2.38. The van der Waals surface area contributed by atoms with Crippen LogP contribution in [0, 0.1) is 11.7 Å². The first kappa shape index (κ1) is 22.8. The Morgan fingerprint density at radius 1 is 0.900 bits per heavy atom. The molecule has 0 aliphatic heterocycles. The summed E-state index contributed by atoms with van der Waals surface area (Å²) < 4.78 is 18.2. The van der Waals surface area contributed by atoms with E-state index in [0.29, 0.717) is 0 Å². The molecule has 2 atom stereocenters. The lowest BCUT2D eigenvalue weighted by atomic mass is 9.70. The highest BCUT2D eigenvalue weighted by atomic mass is 19.1. The van der Waals surface area contributed by atoms with Crippen molar-refractivity contribution >= 4 is 12.4 Å². The van der Waals surface area contributed by atoms with Crippen molar-refractivity contribution in [3.05, 3.63) is 108 Å². The molecule has 1 aliphatic rings. The van der Waals surface area contributed by atoms with Gasteiger partial charge < -0.3 is 9.84 Å². The molecule has 4 nitrogen and oxygen atoms in total. The Hall–Kier alpha value is -3.47. The summed E-state index contributed by atoms with van der Waals surface area (Å²) in [5.74, 6) is -0.215. The summed E-state index contributed by atoms with van der Waals surface area (Å²) in [5.41, 5.74) is 2.01. The number of rotatable bonds is 4. The molecule has 30 heavy (non-hydrogen) atoms. The van der Waals surface area contributed by atoms with Crippen molar-refractivity contribution in [2.75, 3.05) is 0 Å². The van der Waals surface area contributed by atoms with Crippen LogP contribution >= 0.6 is 0 Å². The van der Waals surface area contributed by atoms with E-state index in [1.54, 1.807) is 12.1 Å². The number of esters is 1. The molecule has 0 saturated heterocycles. The van der Waals surface area contributed by atoms with Crippen molar-refractivity contribution in [2.45, 2.75) is 25.4 Å². The van der Waals surface area contributed by atoms with Gasteiger partial charge in [-0.1, -0.05) is 78.9 Å². The Morgan fingerprint density at radius 2 is 1.40 bits per heavy atom. The van der Waals surface area contributed by atoms with Crippen molar-refractivity contribution in [1.29, 1.82) is 0 Å². The van der Waals surface area contributed by atoms with E-state index in [-0.39, 0.29) is 36.7 Å². The van der Waals surface area contributed by atoms with Crippen LogP contribution in [0.1, 0.15) is 29.9 Å². The topological polar surface area (TPSA) is 63.6 Å². The Bertz CT molecular complexity index is 840. The molecule has 0 heterocycles. The lowest BCUT2D eigenvalue weighted by Gasteiger charge is -2.35. The molecule has 3 aromatic carbocycles. The second kappa shape index (κ2) is 12.9. The SMILES string of the molecule is O=C(OCc1ccc(F)cc1)C1CC[C@H]1c1ccccc1.O=CO.c1ccccc1. The van der Waals surface area contributed by atoms with E-state index in [1.165, 1.54) is 17.7 Å². The fraction of sp³-hybridized carbons (Fsp3) is 0.200. The second-order valence-corrected chi connectivity index (χ2v) is 6.70.